The first-order valence-electron chi connectivity index (χ1n) is 7.64. The number of nitrogens with zero attached hydrogens (tertiary/aromatic N) is 4. The number of anilines is 1. The van der Waals surface area contributed by atoms with Crippen molar-refractivity contribution in [2.45, 2.75) is 32.7 Å². The summed E-state index contributed by atoms with van der Waals surface area (Å²) >= 11 is 1.12. The number of halogens is 3. The predicted molar refractivity (Wildman–Crippen MR) is 88.8 cm³/mol. The number of nitrogens with one attached hydrogen (secondary N) is 1. The number of carbonyl (C=O) groups is 1. The number of carbonyl (C=O) groups excluding carboxylic acids is 1. The summed E-state index contributed by atoms with van der Waals surface area (Å²) in [5, 5.41) is 17.4. The van der Waals surface area contributed by atoms with E-state index < -0.39 is 30.3 Å². The number of aromatic nitrogens is 4. The Kier molecular flexibility index (Phi) is 5.02. The van der Waals surface area contributed by atoms with Crippen LogP contribution in [-0.2, 0) is 17.5 Å². The molecule has 3 rings (SSSR count). The number of alkyl halides is 3. The average molecular weight is 401 g/mol. The Labute approximate surface area is 154 Å². The smallest absolute Gasteiger partial charge is 0.419 e. The lowest BCUT2D eigenvalue weighted by Crippen LogP contribution is -2.19. The van der Waals surface area contributed by atoms with Crippen LogP contribution in [0.2, 0.25) is 0 Å². The summed E-state index contributed by atoms with van der Waals surface area (Å²) in [4.78, 5) is 20.3. The van der Waals surface area contributed by atoms with E-state index in [0.717, 1.165) is 22.2 Å². The second-order valence-electron chi connectivity index (χ2n) is 5.65. The lowest BCUT2D eigenvalue weighted by molar-refractivity contribution is -0.137. The summed E-state index contributed by atoms with van der Waals surface area (Å²) in [5.74, 6) is -0.0588. The van der Waals surface area contributed by atoms with E-state index in [1.807, 2.05) is 0 Å². The number of amides is 1. The van der Waals surface area contributed by atoms with E-state index in [0.29, 0.717) is 23.3 Å². The number of hydrogen-bond donors (Lipinski definition) is 2. The van der Waals surface area contributed by atoms with Gasteiger partial charge in [-0.1, -0.05) is 0 Å². The van der Waals surface area contributed by atoms with E-state index in [4.69, 9.17) is 4.42 Å². The topological polar surface area (TPSA) is 106 Å². The molecule has 0 radical (unpaired) electrons. The minimum Gasteiger partial charge on any atom is -0.436 e. The normalized spacial score (nSPS) is 13.0. The van der Waals surface area contributed by atoms with Gasteiger partial charge in [-0.05, 0) is 13.8 Å². The number of thiazole rings is 1. The fraction of sp³-hybridized carbons (Fsp3) is 0.333. The van der Waals surface area contributed by atoms with Gasteiger partial charge in [-0.3, -0.25) is 9.48 Å². The molecular weight excluding hydrogens is 387 g/mol. The zero-order valence-electron chi connectivity index (χ0n) is 14.1. The first-order chi connectivity index (χ1) is 12.6. The molecule has 12 heteroatoms. The molecule has 0 fully saturated rings. The van der Waals surface area contributed by atoms with Crippen LogP contribution in [0.3, 0.4) is 0 Å². The maximum atomic E-state index is 12.5. The standard InChI is InChI=1S/C15H14F3N5O3S/c1-7-12(26-13(20-7)8(2)24)10-6-27-14(21-10)22-11(25)5-23-4-9(3-19-23)15(16,17)18/h3-4,6,8,24H,5H2,1-2H3,(H,21,22,25). The molecule has 0 aliphatic rings. The SMILES string of the molecule is Cc1nc(C(C)O)oc1-c1csc(NC(=O)Cn2cc(C(F)(F)F)cn2)n1. The van der Waals surface area contributed by atoms with Crippen LogP contribution in [0, 0.1) is 6.92 Å². The van der Waals surface area contributed by atoms with Crippen molar-refractivity contribution in [2.75, 3.05) is 5.32 Å². The van der Waals surface area contributed by atoms with Crippen molar-refractivity contribution in [2.24, 2.45) is 0 Å². The first kappa shape index (κ1) is 19.0. The lowest BCUT2D eigenvalue weighted by atomic mass is 10.3. The number of aliphatic hydroxyl groups excluding tert-OH is 1. The molecule has 0 bridgehead atoms. The summed E-state index contributed by atoms with van der Waals surface area (Å²) < 4.78 is 44.0. The Balaban J connectivity index is 1.67. The zero-order valence-corrected chi connectivity index (χ0v) is 14.9. The molecule has 3 aromatic rings. The molecule has 3 heterocycles. The molecule has 0 aliphatic carbocycles. The molecule has 8 nitrogen and oxygen atoms in total. The second-order valence-corrected chi connectivity index (χ2v) is 6.51. The van der Waals surface area contributed by atoms with E-state index >= 15 is 0 Å². The zero-order chi connectivity index (χ0) is 19.8. The van der Waals surface area contributed by atoms with Crippen molar-refractivity contribution < 1.29 is 27.5 Å². The summed E-state index contributed by atoms with van der Waals surface area (Å²) in [7, 11) is 0. The highest BCUT2D eigenvalue weighted by Gasteiger charge is 2.32. The quantitative estimate of drug-likeness (QED) is 0.681. The van der Waals surface area contributed by atoms with Crippen LogP contribution in [0.15, 0.2) is 22.2 Å². The highest BCUT2D eigenvalue weighted by Crippen LogP contribution is 2.30. The minimum absolute atomic E-state index is 0.153. The van der Waals surface area contributed by atoms with Gasteiger partial charge < -0.3 is 14.8 Å². The van der Waals surface area contributed by atoms with E-state index in [-0.39, 0.29) is 11.0 Å². The second kappa shape index (κ2) is 7.12. The van der Waals surface area contributed by atoms with E-state index in [1.165, 1.54) is 6.92 Å². The monoisotopic (exact) mass is 401 g/mol. The van der Waals surface area contributed by atoms with Crippen LogP contribution in [0.1, 0.15) is 30.2 Å². The van der Waals surface area contributed by atoms with Crippen molar-refractivity contribution in [1.82, 2.24) is 19.7 Å². The van der Waals surface area contributed by atoms with Gasteiger partial charge in [0.25, 0.3) is 0 Å². The minimum atomic E-state index is -4.52. The fourth-order valence-electron chi connectivity index (χ4n) is 2.17. The maximum absolute atomic E-state index is 12.5. The van der Waals surface area contributed by atoms with Crippen molar-refractivity contribution in [3.8, 4) is 11.5 Å². The van der Waals surface area contributed by atoms with Crippen LogP contribution in [0.4, 0.5) is 18.3 Å². The molecule has 2 N–H and O–H groups in total. The summed E-state index contributed by atoms with van der Waals surface area (Å²) in [6.45, 7) is 2.82. The molecule has 0 spiro atoms. The van der Waals surface area contributed by atoms with Crippen LogP contribution in [0.25, 0.3) is 11.5 Å². The van der Waals surface area contributed by atoms with E-state index in [1.54, 1.807) is 12.3 Å². The van der Waals surface area contributed by atoms with Gasteiger partial charge in [0.15, 0.2) is 10.9 Å². The molecule has 1 unspecified atom stereocenters. The molecule has 27 heavy (non-hydrogen) atoms. The molecule has 3 aromatic heterocycles. The summed E-state index contributed by atoms with van der Waals surface area (Å²) in [6, 6.07) is 0. The highest BCUT2D eigenvalue weighted by atomic mass is 32.1. The third kappa shape index (κ3) is 4.34. The average Bonchev–Trinajstić information content (AvgIpc) is 3.26. The first-order valence-corrected chi connectivity index (χ1v) is 8.52. The van der Waals surface area contributed by atoms with Gasteiger partial charge in [0.1, 0.15) is 18.3 Å². The number of hydrogen-bond acceptors (Lipinski definition) is 7. The van der Waals surface area contributed by atoms with Gasteiger partial charge in [0.05, 0.1) is 17.5 Å². The molecule has 1 amide bonds. The Morgan fingerprint density at radius 3 is 2.78 bits per heavy atom. The molecule has 0 aliphatic heterocycles. The van der Waals surface area contributed by atoms with Gasteiger partial charge in [-0.2, -0.15) is 18.3 Å². The Morgan fingerprint density at radius 1 is 1.44 bits per heavy atom. The van der Waals surface area contributed by atoms with Crippen LogP contribution in [0.5, 0.6) is 0 Å². The Hall–Kier alpha value is -2.73. The van der Waals surface area contributed by atoms with Crippen LogP contribution >= 0.6 is 11.3 Å². The number of oxazole rings is 1. The van der Waals surface area contributed by atoms with Crippen molar-refractivity contribution in [3.63, 3.8) is 0 Å². The Morgan fingerprint density at radius 2 is 2.19 bits per heavy atom. The lowest BCUT2D eigenvalue weighted by Gasteiger charge is -2.02. The van der Waals surface area contributed by atoms with Crippen molar-refractivity contribution >= 4 is 22.4 Å². The third-order valence-electron chi connectivity index (χ3n) is 3.42. The maximum Gasteiger partial charge on any atom is 0.419 e. The predicted octanol–water partition coefficient (Wildman–Crippen LogP) is 3.01. The molecule has 1 atom stereocenters. The summed E-state index contributed by atoms with van der Waals surface area (Å²) in [6.07, 6.45) is -3.98. The molecule has 0 saturated heterocycles. The Bertz CT molecular complexity index is 960. The van der Waals surface area contributed by atoms with Gasteiger partial charge in [0.2, 0.25) is 11.8 Å². The number of aliphatic hydroxyl groups is 1. The molecule has 0 aromatic carbocycles. The molecular formula is C15H14F3N5O3S. The molecule has 144 valence electrons. The van der Waals surface area contributed by atoms with Crippen molar-refractivity contribution in [3.05, 3.63) is 34.9 Å². The van der Waals surface area contributed by atoms with E-state index in [2.05, 4.69) is 20.4 Å². The largest absolute Gasteiger partial charge is 0.436 e. The summed E-state index contributed by atoms with van der Waals surface area (Å²) in [5.41, 5.74) is 0.0255. The highest BCUT2D eigenvalue weighted by molar-refractivity contribution is 7.14. The fourth-order valence-corrected chi connectivity index (χ4v) is 2.88. The van der Waals surface area contributed by atoms with E-state index in [9.17, 15) is 23.1 Å². The van der Waals surface area contributed by atoms with Gasteiger partial charge in [-0.25, -0.2) is 9.97 Å². The number of aryl methyl sites for hydroxylation is 1. The van der Waals surface area contributed by atoms with Crippen LogP contribution < -0.4 is 5.32 Å². The van der Waals surface area contributed by atoms with Gasteiger partial charge in [0, 0.05) is 11.6 Å². The van der Waals surface area contributed by atoms with Gasteiger partial charge in [-0.15, -0.1) is 11.3 Å². The van der Waals surface area contributed by atoms with Crippen molar-refractivity contribution in [1.29, 1.82) is 0 Å². The third-order valence-corrected chi connectivity index (χ3v) is 4.18. The van der Waals surface area contributed by atoms with Gasteiger partial charge >= 0.3 is 6.18 Å². The van der Waals surface area contributed by atoms with Crippen LogP contribution in [-0.4, -0.2) is 30.8 Å². The molecule has 0 saturated carbocycles. The number of rotatable bonds is 5.